The number of phenols is 1. The fourth-order valence-corrected chi connectivity index (χ4v) is 2.76. The number of carboxylic acid groups (broad SMARTS) is 1. The van der Waals surface area contributed by atoms with Gasteiger partial charge in [0.15, 0.2) is 0 Å². The average Bonchev–Trinajstić information content (AvgIpc) is 2.76. The lowest BCUT2D eigenvalue weighted by Crippen LogP contribution is -2.60. The number of carbonyl (C=O) groups is 5. The van der Waals surface area contributed by atoms with Crippen LogP contribution in [0.15, 0.2) is 24.3 Å². The molecule has 0 spiro atoms. The standard InChI is InChI=1S/C20H29N5O9/c1-9(27)16(25-17(30)12(21)8-26)19(32)23-13(6-10-2-4-11(28)5-3-10)18(31)24-14(20(33)34)7-15(22)29/h2-5,9,12-14,16,26-28H,6-8,21H2,1H3,(H2,22,29)(H,23,32)(H,24,31)(H,25,30)(H,33,34). The molecule has 0 aromatic heterocycles. The van der Waals surface area contributed by atoms with Crippen LogP contribution in [0.3, 0.4) is 0 Å². The first-order valence-corrected chi connectivity index (χ1v) is 10.1. The van der Waals surface area contributed by atoms with Crippen LogP contribution in [0, 0.1) is 0 Å². The maximum Gasteiger partial charge on any atom is 0.326 e. The van der Waals surface area contributed by atoms with Crippen molar-refractivity contribution >= 4 is 29.6 Å². The number of nitrogens with two attached hydrogens (primary N) is 2. The van der Waals surface area contributed by atoms with Gasteiger partial charge in [-0.3, -0.25) is 19.2 Å². The molecule has 34 heavy (non-hydrogen) atoms. The van der Waals surface area contributed by atoms with E-state index >= 15 is 0 Å². The smallest absolute Gasteiger partial charge is 0.326 e. The van der Waals surface area contributed by atoms with Gasteiger partial charge in [-0.25, -0.2) is 4.79 Å². The summed E-state index contributed by atoms with van der Waals surface area (Å²) in [7, 11) is 0. The van der Waals surface area contributed by atoms with Crippen molar-refractivity contribution in [3.63, 3.8) is 0 Å². The van der Waals surface area contributed by atoms with Crippen molar-refractivity contribution in [2.24, 2.45) is 11.5 Å². The second-order valence-corrected chi connectivity index (χ2v) is 7.52. The molecule has 0 saturated carbocycles. The van der Waals surface area contributed by atoms with Gasteiger partial charge in [0.2, 0.25) is 23.6 Å². The highest BCUT2D eigenvalue weighted by atomic mass is 16.4. The fraction of sp³-hybridized carbons (Fsp3) is 0.450. The molecule has 0 aliphatic carbocycles. The van der Waals surface area contributed by atoms with Crippen molar-refractivity contribution in [2.75, 3.05) is 6.61 Å². The lowest BCUT2D eigenvalue weighted by atomic mass is 10.0. The SMILES string of the molecule is CC(O)C(NC(=O)C(N)CO)C(=O)NC(Cc1ccc(O)cc1)C(=O)NC(CC(N)=O)C(=O)O. The summed E-state index contributed by atoms with van der Waals surface area (Å²) in [5, 5.41) is 44.2. The number of rotatable bonds is 13. The summed E-state index contributed by atoms with van der Waals surface area (Å²) in [6.45, 7) is 0.472. The predicted octanol–water partition coefficient (Wildman–Crippen LogP) is -3.95. The average molecular weight is 483 g/mol. The van der Waals surface area contributed by atoms with E-state index < -0.39 is 72.9 Å². The molecule has 0 bridgehead atoms. The van der Waals surface area contributed by atoms with E-state index in [9.17, 15) is 39.3 Å². The van der Waals surface area contributed by atoms with Crippen molar-refractivity contribution in [3.8, 4) is 5.75 Å². The number of primary amides is 1. The van der Waals surface area contributed by atoms with E-state index in [-0.39, 0.29) is 12.2 Å². The molecular formula is C20H29N5O9. The lowest BCUT2D eigenvalue weighted by Gasteiger charge is -2.26. The highest BCUT2D eigenvalue weighted by Crippen LogP contribution is 2.12. The van der Waals surface area contributed by atoms with Gasteiger partial charge in [-0.05, 0) is 24.6 Å². The van der Waals surface area contributed by atoms with Crippen LogP contribution in [0.1, 0.15) is 18.9 Å². The van der Waals surface area contributed by atoms with Crippen LogP contribution in [-0.4, -0.2) is 86.9 Å². The number of carbonyl (C=O) groups excluding carboxylic acids is 4. The summed E-state index contributed by atoms with van der Waals surface area (Å²) in [5.41, 5.74) is 10.9. The van der Waals surface area contributed by atoms with Crippen molar-refractivity contribution < 1.29 is 44.4 Å². The Balaban J connectivity index is 3.14. The Morgan fingerprint density at radius 1 is 0.941 bits per heavy atom. The maximum atomic E-state index is 12.8. The van der Waals surface area contributed by atoms with Gasteiger partial charge in [-0.15, -0.1) is 0 Å². The van der Waals surface area contributed by atoms with E-state index in [0.29, 0.717) is 5.56 Å². The number of nitrogens with one attached hydrogen (secondary N) is 3. The van der Waals surface area contributed by atoms with Crippen molar-refractivity contribution in [3.05, 3.63) is 29.8 Å². The second kappa shape index (κ2) is 13.1. The van der Waals surface area contributed by atoms with Crippen molar-refractivity contribution in [2.45, 2.75) is 50.0 Å². The molecule has 14 heteroatoms. The second-order valence-electron chi connectivity index (χ2n) is 7.52. The summed E-state index contributed by atoms with van der Waals surface area (Å²) < 4.78 is 0. The topological polar surface area (TPSA) is 254 Å². The number of aliphatic hydroxyl groups excluding tert-OH is 2. The number of aliphatic hydroxyl groups is 2. The van der Waals surface area contributed by atoms with E-state index in [0.717, 1.165) is 0 Å². The molecule has 0 aliphatic heterocycles. The van der Waals surface area contributed by atoms with Crippen molar-refractivity contribution in [1.29, 1.82) is 0 Å². The molecule has 0 heterocycles. The van der Waals surface area contributed by atoms with E-state index in [1.165, 1.54) is 31.2 Å². The molecule has 1 rings (SSSR count). The van der Waals surface area contributed by atoms with Gasteiger partial charge in [-0.1, -0.05) is 12.1 Å². The van der Waals surface area contributed by atoms with Crippen LogP contribution in [0.5, 0.6) is 5.75 Å². The lowest BCUT2D eigenvalue weighted by molar-refractivity contribution is -0.143. The summed E-state index contributed by atoms with van der Waals surface area (Å²) in [5.74, 6) is -5.50. The molecule has 0 saturated heterocycles. The molecule has 4 amide bonds. The number of aromatic hydroxyl groups is 1. The number of amides is 4. The van der Waals surface area contributed by atoms with Crippen LogP contribution < -0.4 is 27.4 Å². The number of hydrogen-bond donors (Lipinski definition) is 9. The minimum atomic E-state index is -1.67. The zero-order valence-electron chi connectivity index (χ0n) is 18.3. The van der Waals surface area contributed by atoms with Crippen molar-refractivity contribution in [1.82, 2.24) is 16.0 Å². The number of phenolic OH excluding ortho intramolecular Hbond substituents is 1. The number of aliphatic carboxylic acids is 1. The Morgan fingerprint density at radius 2 is 1.50 bits per heavy atom. The molecule has 14 nitrogen and oxygen atoms in total. The number of benzene rings is 1. The molecule has 1 aromatic carbocycles. The van der Waals surface area contributed by atoms with Gasteiger partial charge in [-0.2, -0.15) is 0 Å². The van der Waals surface area contributed by atoms with Crippen LogP contribution in [0.4, 0.5) is 0 Å². The largest absolute Gasteiger partial charge is 0.508 e. The molecule has 188 valence electrons. The molecule has 0 fully saturated rings. The molecule has 5 unspecified atom stereocenters. The number of carboxylic acids is 1. The zero-order valence-corrected chi connectivity index (χ0v) is 18.3. The minimum Gasteiger partial charge on any atom is -0.508 e. The first-order chi connectivity index (χ1) is 15.8. The summed E-state index contributed by atoms with van der Waals surface area (Å²) >= 11 is 0. The molecule has 0 radical (unpaired) electrons. The number of hydrogen-bond acceptors (Lipinski definition) is 9. The Morgan fingerprint density at radius 3 is 1.97 bits per heavy atom. The first-order valence-electron chi connectivity index (χ1n) is 10.1. The van der Waals surface area contributed by atoms with Crippen LogP contribution in [0.2, 0.25) is 0 Å². The third kappa shape index (κ3) is 9.01. The quantitative estimate of drug-likeness (QED) is 0.131. The van der Waals surface area contributed by atoms with Gasteiger partial charge in [0.25, 0.3) is 0 Å². The summed E-state index contributed by atoms with van der Waals surface area (Å²) in [4.78, 5) is 60.1. The normalized spacial score (nSPS) is 15.2. The van der Waals surface area contributed by atoms with Crippen LogP contribution in [-0.2, 0) is 30.4 Å². The van der Waals surface area contributed by atoms with Crippen LogP contribution >= 0.6 is 0 Å². The van der Waals surface area contributed by atoms with Gasteiger partial charge >= 0.3 is 5.97 Å². The Kier molecular flexibility index (Phi) is 10.9. The molecule has 0 aliphatic rings. The first kappa shape index (κ1) is 28.3. The maximum absolute atomic E-state index is 12.8. The monoisotopic (exact) mass is 483 g/mol. The van der Waals surface area contributed by atoms with Gasteiger partial charge < -0.3 is 47.8 Å². The molecule has 1 aromatic rings. The Labute approximate surface area is 194 Å². The highest BCUT2D eigenvalue weighted by Gasteiger charge is 2.32. The molecular weight excluding hydrogens is 454 g/mol. The minimum absolute atomic E-state index is 0.0571. The Hall–Kier alpha value is -3.75. The van der Waals surface area contributed by atoms with Crippen LogP contribution in [0.25, 0.3) is 0 Å². The van der Waals surface area contributed by atoms with Gasteiger partial charge in [0.05, 0.1) is 19.1 Å². The summed E-state index contributed by atoms with van der Waals surface area (Å²) in [6.07, 6.45) is -2.32. The highest BCUT2D eigenvalue weighted by molar-refractivity contribution is 5.95. The van der Waals surface area contributed by atoms with E-state index in [2.05, 4.69) is 16.0 Å². The zero-order chi connectivity index (χ0) is 26.0. The predicted molar refractivity (Wildman–Crippen MR) is 116 cm³/mol. The third-order valence-electron chi connectivity index (χ3n) is 4.63. The van der Waals surface area contributed by atoms with Gasteiger partial charge in [0, 0.05) is 6.42 Å². The Bertz CT molecular complexity index is 891. The molecule has 11 N–H and O–H groups in total. The van der Waals surface area contributed by atoms with E-state index in [1.807, 2.05) is 0 Å². The summed E-state index contributed by atoms with van der Waals surface area (Å²) in [6, 6.07) is -0.461. The van der Waals surface area contributed by atoms with E-state index in [1.54, 1.807) is 0 Å². The molecule has 5 atom stereocenters. The van der Waals surface area contributed by atoms with Gasteiger partial charge in [0.1, 0.15) is 29.9 Å². The van der Waals surface area contributed by atoms with E-state index in [4.69, 9.17) is 16.6 Å². The fourth-order valence-electron chi connectivity index (χ4n) is 2.76. The third-order valence-corrected chi connectivity index (χ3v) is 4.63.